The van der Waals surface area contributed by atoms with E-state index in [1.165, 1.54) is 6.07 Å². The van der Waals surface area contributed by atoms with E-state index < -0.39 is 0 Å². The van der Waals surface area contributed by atoms with Crippen molar-refractivity contribution in [1.29, 1.82) is 0 Å². The van der Waals surface area contributed by atoms with Crippen LogP contribution in [0.1, 0.15) is 37.8 Å². The van der Waals surface area contributed by atoms with Crippen LogP contribution in [0.3, 0.4) is 0 Å². The molecular formula is C15H19ClFNO. The monoisotopic (exact) mass is 283 g/mol. The van der Waals surface area contributed by atoms with Crippen LogP contribution in [0.15, 0.2) is 30.0 Å². The molecule has 1 aromatic carbocycles. The van der Waals surface area contributed by atoms with Crippen molar-refractivity contribution >= 4 is 11.6 Å². The van der Waals surface area contributed by atoms with E-state index in [1.807, 2.05) is 0 Å². The molecule has 0 amide bonds. The van der Waals surface area contributed by atoms with Gasteiger partial charge in [-0.15, -0.1) is 0 Å². The lowest BCUT2D eigenvalue weighted by Gasteiger charge is -2.25. The van der Waals surface area contributed by atoms with E-state index in [2.05, 4.69) is 12.2 Å². The van der Waals surface area contributed by atoms with Gasteiger partial charge in [0.2, 0.25) is 0 Å². The van der Waals surface area contributed by atoms with Crippen molar-refractivity contribution in [1.82, 2.24) is 5.32 Å². The fraction of sp³-hybridized carbons (Fsp3) is 0.467. The standard InChI is InChI=1S/C15H19ClFNO/c1-2-7-18-15(11-4-3-8-19-10-11)13-6-5-12(16)9-14(13)17/h5-6,9-10,15,18H,2-4,7-8H2,1H3. The Balaban J connectivity index is 2.27. The first-order chi connectivity index (χ1) is 9.22. The highest BCUT2D eigenvalue weighted by Crippen LogP contribution is 2.30. The van der Waals surface area contributed by atoms with Gasteiger partial charge in [-0.25, -0.2) is 4.39 Å². The molecule has 1 heterocycles. The lowest BCUT2D eigenvalue weighted by atomic mass is 9.94. The minimum Gasteiger partial charge on any atom is -0.501 e. The molecule has 1 N–H and O–H groups in total. The van der Waals surface area contributed by atoms with E-state index in [-0.39, 0.29) is 11.9 Å². The van der Waals surface area contributed by atoms with Gasteiger partial charge in [-0.1, -0.05) is 24.6 Å². The molecule has 0 radical (unpaired) electrons. The molecule has 4 heteroatoms. The van der Waals surface area contributed by atoms with Crippen molar-refractivity contribution < 1.29 is 9.13 Å². The van der Waals surface area contributed by atoms with E-state index in [4.69, 9.17) is 16.3 Å². The summed E-state index contributed by atoms with van der Waals surface area (Å²) in [5, 5.41) is 3.81. The summed E-state index contributed by atoms with van der Waals surface area (Å²) in [7, 11) is 0. The first kappa shape index (κ1) is 14.4. The van der Waals surface area contributed by atoms with Gasteiger partial charge in [-0.2, -0.15) is 0 Å². The van der Waals surface area contributed by atoms with Gasteiger partial charge in [-0.05, 0) is 43.5 Å². The summed E-state index contributed by atoms with van der Waals surface area (Å²) in [6.45, 7) is 3.67. The molecule has 0 aromatic heterocycles. The maximum Gasteiger partial charge on any atom is 0.129 e. The molecule has 0 bridgehead atoms. The second-order valence-corrected chi connectivity index (χ2v) is 5.16. The number of nitrogens with one attached hydrogen (secondary N) is 1. The fourth-order valence-corrected chi connectivity index (χ4v) is 2.42. The number of hydrogen-bond donors (Lipinski definition) is 1. The van der Waals surface area contributed by atoms with E-state index >= 15 is 0 Å². The predicted octanol–water partition coefficient (Wildman–Crippen LogP) is 4.21. The van der Waals surface area contributed by atoms with Crippen LogP contribution >= 0.6 is 11.6 Å². The van der Waals surface area contributed by atoms with E-state index in [0.29, 0.717) is 10.6 Å². The third kappa shape index (κ3) is 3.71. The van der Waals surface area contributed by atoms with Crippen molar-refractivity contribution in [2.24, 2.45) is 0 Å². The third-order valence-corrected chi connectivity index (χ3v) is 3.44. The number of hydrogen-bond acceptors (Lipinski definition) is 2. The van der Waals surface area contributed by atoms with Crippen LogP contribution in [0.2, 0.25) is 5.02 Å². The smallest absolute Gasteiger partial charge is 0.129 e. The van der Waals surface area contributed by atoms with E-state index in [9.17, 15) is 4.39 Å². The molecule has 1 aliphatic rings. The van der Waals surface area contributed by atoms with Gasteiger partial charge in [0.25, 0.3) is 0 Å². The van der Waals surface area contributed by atoms with Gasteiger partial charge in [0.15, 0.2) is 0 Å². The van der Waals surface area contributed by atoms with Crippen LogP contribution in [-0.2, 0) is 4.74 Å². The Morgan fingerprint density at radius 3 is 2.95 bits per heavy atom. The lowest BCUT2D eigenvalue weighted by Crippen LogP contribution is -2.26. The Kier molecular flexibility index (Phi) is 5.23. The molecule has 0 aliphatic carbocycles. The minimum atomic E-state index is -0.271. The van der Waals surface area contributed by atoms with Crippen molar-refractivity contribution in [3.8, 4) is 0 Å². The van der Waals surface area contributed by atoms with Crippen LogP contribution < -0.4 is 5.32 Å². The molecule has 19 heavy (non-hydrogen) atoms. The van der Waals surface area contributed by atoms with Crippen LogP contribution in [-0.4, -0.2) is 13.2 Å². The predicted molar refractivity (Wildman–Crippen MR) is 75.7 cm³/mol. The Morgan fingerprint density at radius 1 is 1.47 bits per heavy atom. The molecule has 1 unspecified atom stereocenters. The van der Waals surface area contributed by atoms with E-state index in [1.54, 1.807) is 18.4 Å². The maximum absolute atomic E-state index is 14.1. The van der Waals surface area contributed by atoms with Crippen LogP contribution in [0.25, 0.3) is 0 Å². The second kappa shape index (κ2) is 6.92. The average Bonchev–Trinajstić information content (AvgIpc) is 2.42. The minimum absolute atomic E-state index is 0.127. The molecular weight excluding hydrogens is 265 g/mol. The number of halogens is 2. The number of ether oxygens (including phenoxy) is 1. The molecule has 1 atom stereocenters. The highest BCUT2D eigenvalue weighted by molar-refractivity contribution is 6.30. The number of rotatable bonds is 5. The number of benzene rings is 1. The highest BCUT2D eigenvalue weighted by atomic mass is 35.5. The molecule has 0 saturated heterocycles. The average molecular weight is 284 g/mol. The van der Waals surface area contributed by atoms with Gasteiger partial charge in [0.05, 0.1) is 18.9 Å². The summed E-state index contributed by atoms with van der Waals surface area (Å²) < 4.78 is 19.5. The zero-order valence-electron chi connectivity index (χ0n) is 11.1. The normalized spacial score (nSPS) is 16.7. The molecule has 0 saturated carbocycles. The van der Waals surface area contributed by atoms with Gasteiger partial charge in [0, 0.05) is 10.6 Å². The zero-order valence-corrected chi connectivity index (χ0v) is 11.8. The maximum atomic E-state index is 14.1. The van der Waals surface area contributed by atoms with Crippen LogP contribution in [0, 0.1) is 5.82 Å². The summed E-state index contributed by atoms with van der Waals surface area (Å²) >= 11 is 5.81. The van der Waals surface area contributed by atoms with Crippen molar-refractivity contribution in [2.45, 2.75) is 32.2 Å². The quantitative estimate of drug-likeness (QED) is 0.874. The summed E-state index contributed by atoms with van der Waals surface area (Å²) in [5.41, 5.74) is 1.73. The largest absolute Gasteiger partial charge is 0.501 e. The summed E-state index contributed by atoms with van der Waals surface area (Å²) in [6.07, 6.45) is 4.68. The second-order valence-electron chi connectivity index (χ2n) is 4.72. The summed E-state index contributed by atoms with van der Waals surface area (Å²) in [5.74, 6) is -0.271. The molecule has 1 aromatic rings. The SMILES string of the molecule is CCCNC(C1=COCCC1)c1ccc(Cl)cc1F. The summed E-state index contributed by atoms with van der Waals surface area (Å²) in [6, 6.07) is 4.71. The van der Waals surface area contributed by atoms with Gasteiger partial charge in [-0.3, -0.25) is 0 Å². The van der Waals surface area contributed by atoms with Crippen LogP contribution in [0.4, 0.5) is 4.39 Å². The third-order valence-electron chi connectivity index (χ3n) is 3.21. The van der Waals surface area contributed by atoms with Gasteiger partial charge < -0.3 is 10.1 Å². The molecule has 2 nitrogen and oxygen atoms in total. The highest BCUT2D eigenvalue weighted by Gasteiger charge is 2.21. The first-order valence-corrected chi connectivity index (χ1v) is 7.09. The topological polar surface area (TPSA) is 21.3 Å². The van der Waals surface area contributed by atoms with Gasteiger partial charge >= 0.3 is 0 Å². The zero-order chi connectivity index (χ0) is 13.7. The molecule has 0 spiro atoms. The van der Waals surface area contributed by atoms with Gasteiger partial charge in [0.1, 0.15) is 5.82 Å². The summed E-state index contributed by atoms with van der Waals surface area (Å²) in [4.78, 5) is 0. The Bertz CT molecular complexity index is 461. The Hall–Kier alpha value is -1.06. The fourth-order valence-electron chi connectivity index (χ4n) is 2.26. The molecule has 2 rings (SSSR count). The van der Waals surface area contributed by atoms with Crippen LogP contribution in [0.5, 0.6) is 0 Å². The molecule has 104 valence electrons. The van der Waals surface area contributed by atoms with Crippen molar-refractivity contribution in [2.75, 3.05) is 13.2 Å². The van der Waals surface area contributed by atoms with E-state index in [0.717, 1.165) is 38.0 Å². The Morgan fingerprint density at radius 2 is 2.32 bits per heavy atom. The van der Waals surface area contributed by atoms with Crippen molar-refractivity contribution in [3.05, 3.63) is 46.4 Å². The molecule has 0 fully saturated rings. The van der Waals surface area contributed by atoms with Crippen molar-refractivity contribution in [3.63, 3.8) is 0 Å². The molecule has 1 aliphatic heterocycles. The Labute approximate surface area is 118 Å². The lowest BCUT2D eigenvalue weighted by molar-refractivity contribution is 0.219. The first-order valence-electron chi connectivity index (χ1n) is 6.71.